The van der Waals surface area contributed by atoms with Crippen LogP contribution in [-0.2, 0) is 6.54 Å². The number of nitrogens with one attached hydrogen (secondary N) is 2. The molecule has 0 saturated carbocycles. The molecule has 88 valence electrons. The van der Waals surface area contributed by atoms with Crippen molar-refractivity contribution in [3.8, 4) is 0 Å². The minimum atomic E-state index is -0.156. The fraction of sp³-hybridized carbons (Fsp3) is 0.167. The first kappa shape index (κ1) is 11.7. The Hall–Kier alpha value is -1.81. The van der Waals surface area contributed by atoms with Crippen LogP contribution < -0.4 is 10.9 Å². The summed E-state index contributed by atoms with van der Waals surface area (Å²) in [5.41, 5.74) is 0.922. The summed E-state index contributed by atoms with van der Waals surface area (Å²) in [6.07, 6.45) is 0. The Bertz CT molecular complexity index is 563. The van der Waals surface area contributed by atoms with E-state index in [0.717, 1.165) is 5.56 Å². The van der Waals surface area contributed by atoms with E-state index in [-0.39, 0.29) is 5.56 Å². The number of H-pyrrole nitrogens is 1. The lowest BCUT2D eigenvalue weighted by molar-refractivity contribution is 0.997. The number of aryl methyl sites for hydroxylation is 1. The molecule has 0 unspecified atom stereocenters. The van der Waals surface area contributed by atoms with Gasteiger partial charge < -0.3 is 10.3 Å². The molecule has 0 amide bonds. The average molecular weight is 250 g/mol. The van der Waals surface area contributed by atoms with Crippen LogP contribution in [0.4, 0.5) is 5.82 Å². The molecule has 0 bridgehead atoms. The molecule has 4 nitrogen and oxygen atoms in total. The van der Waals surface area contributed by atoms with Crippen LogP contribution >= 0.6 is 11.6 Å². The number of nitrogens with zero attached hydrogens (tertiary/aromatic N) is 1. The number of rotatable bonds is 3. The summed E-state index contributed by atoms with van der Waals surface area (Å²) in [6, 6.07) is 8.94. The van der Waals surface area contributed by atoms with E-state index >= 15 is 0 Å². The van der Waals surface area contributed by atoms with Gasteiger partial charge in [-0.3, -0.25) is 4.79 Å². The lowest BCUT2D eigenvalue weighted by Gasteiger charge is -2.05. The number of aromatic amines is 1. The standard InChI is InChI=1S/C12H12ClN3O/c1-8-15-11(6-12(17)16-8)14-7-9-2-4-10(13)5-3-9/h2-6H,7H2,1H3,(H2,14,15,16,17). The van der Waals surface area contributed by atoms with Crippen molar-refractivity contribution in [1.82, 2.24) is 9.97 Å². The van der Waals surface area contributed by atoms with Crippen LogP contribution in [0.15, 0.2) is 35.1 Å². The Morgan fingerprint density at radius 3 is 2.71 bits per heavy atom. The van der Waals surface area contributed by atoms with Crippen molar-refractivity contribution in [2.75, 3.05) is 5.32 Å². The monoisotopic (exact) mass is 249 g/mol. The van der Waals surface area contributed by atoms with Gasteiger partial charge >= 0.3 is 0 Å². The Morgan fingerprint density at radius 2 is 2.06 bits per heavy atom. The lowest BCUT2D eigenvalue weighted by atomic mass is 10.2. The predicted molar refractivity (Wildman–Crippen MR) is 68.4 cm³/mol. The van der Waals surface area contributed by atoms with Crippen LogP contribution in [0.5, 0.6) is 0 Å². The number of hydrogen-bond acceptors (Lipinski definition) is 3. The van der Waals surface area contributed by atoms with Crippen molar-refractivity contribution >= 4 is 17.4 Å². The van der Waals surface area contributed by atoms with Crippen LogP contribution in [0.25, 0.3) is 0 Å². The smallest absolute Gasteiger partial charge is 0.252 e. The highest BCUT2D eigenvalue weighted by Crippen LogP contribution is 2.10. The van der Waals surface area contributed by atoms with E-state index in [1.807, 2.05) is 24.3 Å². The van der Waals surface area contributed by atoms with E-state index in [0.29, 0.717) is 23.2 Å². The van der Waals surface area contributed by atoms with Crippen molar-refractivity contribution in [3.63, 3.8) is 0 Å². The zero-order valence-corrected chi connectivity index (χ0v) is 10.1. The molecule has 1 heterocycles. The second-order valence-corrected chi connectivity index (χ2v) is 4.13. The molecule has 2 N–H and O–H groups in total. The molecule has 0 aliphatic heterocycles. The minimum absolute atomic E-state index is 0.156. The molecule has 0 aliphatic carbocycles. The van der Waals surface area contributed by atoms with Crippen molar-refractivity contribution in [2.24, 2.45) is 0 Å². The number of benzene rings is 1. The lowest BCUT2D eigenvalue weighted by Crippen LogP contribution is -2.11. The van der Waals surface area contributed by atoms with Crippen molar-refractivity contribution in [3.05, 3.63) is 57.1 Å². The summed E-state index contributed by atoms with van der Waals surface area (Å²) in [4.78, 5) is 18.0. The summed E-state index contributed by atoms with van der Waals surface area (Å²) < 4.78 is 0. The van der Waals surface area contributed by atoms with Gasteiger partial charge in [-0.15, -0.1) is 0 Å². The molecular formula is C12H12ClN3O. The summed E-state index contributed by atoms with van der Waals surface area (Å²) in [7, 11) is 0. The van der Waals surface area contributed by atoms with E-state index < -0.39 is 0 Å². The maximum Gasteiger partial charge on any atom is 0.252 e. The van der Waals surface area contributed by atoms with Gasteiger partial charge in [0, 0.05) is 17.6 Å². The molecule has 0 spiro atoms. The van der Waals surface area contributed by atoms with Gasteiger partial charge in [0.15, 0.2) is 0 Å². The van der Waals surface area contributed by atoms with Crippen LogP contribution in [0.1, 0.15) is 11.4 Å². The fourth-order valence-corrected chi connectivity index (χ4v) is 1.59. The first-order valence-electron chi connectivity index (χ1n) is 5.20. The molecule has 0 saturated heterocycles. The third kappa shape index (κ3) is 3.32. The predicted octanol–water partition coefficient (Wildman–Crippen LogP) is 2.34. The normalized spacial score (nSPS) is 10.2. The zero-order valence-electron chi connectivity index (χ0n) is 9.33. The van der Waals surface area contributed by atoms with Crippen LogP contribution in [0.2, 0.25) is 5.02 Å². The molecule has 0 fully saturated rings. The van der Waals surface area contributed by atoms with E-state index in [1.165, 1.54) is 6.07 Å². The molecule has 2 aromatic rings. The van der Waals surface area contributed by atoms with Gasteiger partial charge in [0.25, 0.3) is 5.56 Å². The largest absolute Gasteiger partial charge is 0.366 e. The minimum Gasteiger partial charge on any atom is -0.366 e. The van der Waals surface area contributed by atoms with Crippen molar-refractivity contribution in [2.45, 2.75) is 13.5 Å². The van der Waals surface area contributed by atoms with E-state index in [2.05, 4.69) is 15.3 Å². The Morgan fingerprint density at radius 1 is 1.35 bits per heavy atom. The van der Waals surface area contributed by atoms with Crippen LogP contribution in [0, 0.1) is 6.92 Å². The summed E-state index contributed by atoms with van der Waals surface area (Å²) in [6.45, 7) is 2.35. The van der Waals surface area contributed by atoms with E-state index in [1.54, 1.807) is 6.92 Å². The molecule has 17 heavy (non-hydrogen) atoms. The van der Waals surface area contributed by atoms with Gasteiger partial charge in [0.05, 0.1) is 0 Å². The Balaban J connectivity index is 2.07. The maximum absolute atomic E-state index is 11.2. The van der Waals surface area contributed by atoms with Gasteiger partial charge in [-0.25, -0.2) is 4.98 Å². The molecule has 1 aromatic carbocycles. The topological polar surface area (TPSA) is 57.8 Å². The van der Waals surface area contributed by atoms with Gasteiger partial charge in [-0.05, 0) is 24.6 Å². The summed E-state index contributed by atoms with van der Waals surface area (Å²) in [5, 5.41) is 3.80. The van der Waals surface area contributed by atoms with E-state index in [4.69, 9.17) is 11.6 Å². The SMILES string of the molecule is Cc1nc(NCc2ccc(Cl)cc2)cc(=O)[nH]1. The van der Waals surface area contributed by atoms with Crippen molar-refractivity contribution < 1.29 is 0 Å². The number of anilines is 1. The first-order valence-corrected chi connectivity index (χ1v) is 5.57. The Labute approximate surface area is 104 Å². The van der Waals surface area contributed by atoms with Gasteiger partial charge in [-0.2, -0.15) is 0 Å². The highest BCUT2D eigenvalue weighted by molar-refractivity contribution is 6.30. The average Bonchev–Trinajstić information content (AvgIpc) is 2.27. The molecular weight excluding hydrogens is 238 g/mol. The van der Waals surface area contributed by atoms with Gasteiger partial charge in [0.1, 0.15) is 11.6 Å². The first-order chi connectivity index (χ1) is 8.13. The molecule has 1 aromatic heterocycles. The number of aromatic nitrogens is 2. The second kappa shape index (κ2) is 5.01. The fourth-order valence-electron chi connectivity index (χ4n) is 1.46. The highest BCUT2D eigenvalue weighted by atomic mass is 35.5. The molecule has 2 rings (SSSR count). The zero-order chi connectivity index (χ0) is 12.3. The number of halogens is 1. The third-order valence-electron chi connectivity index (χ3n) is 2.25. The molecule has 5 heteroatoms. The third-order valence-corrected chi connectivity index (χ3v) is 2.50. The van der Waals surface area contributed by atoms with Crippen LogP contribution in [-0.4, -0.2) is 9.97 Å². The maximum atomic E-state index is 11.2. The Kier molecular flexibility index (Phi) is 3.44. The highest BCUT2D eigenvalue weighted by Gasteiger charge is 1.98. The number of hydrogen-bond donors (Lipinski definition) is 2. The van der Waals surface area contributed by atoms with Gasteiger partial charge in [0.2, 0.25) is 0 Å². The van der Waals surface area contributed by atoms with Crippen LogP contribution in [0.3, 0.4) is 0 Å². The summed E-state index contributed by atoms with van der Waals surface area (Å²) >= 11 is 5.79. The molecule has 0 aliphatic rings. The van der Waals surface area contributed by atoms with E-state index in [9.17, 15) is 4.79 Å². The molecule has 0 atom stereocenters. The van der Waals surface area contributed by atoms with Crippen molar-refractivity contribution in [1.29, 1.82) is 0 Å². The van der Waals surface area contributed by atoms with Gasteiger partial charge in [-0.1, -0.05) is 23.7 Å². The quantitative estimate of drug-likeness (QED) is 0.878. The second-order valence-electron chi connectivity index (χ2n) is 3.70. The molecule has 0 radical (unpaired) electrons. The summed E-state index contributed by atoms with van der Waals surface area (Å²) in [5.74, 6) is 1.16.